The summed E-state index contributed by atoms with van der Waals surface area (Å²) in [5.74, 6) is 3.40. The second kappa shape index (κ2) is 7.65. The van der Waals surface area contributed by atoms with Gasteiger partial charge in [-0.2, -0.15) is 0 Å². The van der Waals surface area contributed by atoms with E-state index in [9.17, 15) is 5.11 Å². The molecule has 8 atom stereocenters. The predicted octanol–water partition coefficient (Wildman–Crippen LogP) is 7.72. The van der Waals surface area contributed by atoms with Crippen LogP contribution >= 0.6 is 0 Å². The van der Waals surface area contributed by atoms with Crippen LogP contribution in [0.3, 0.4) is 0 Å². The predicted molar refractivity (Wildman–Crippen MR) is 128 cm³/mol. The third-order valence-corrected chi connectivity index (χ3v) is 10.7. The Balaban J connectivity index is 1.64. The molecule has 0 aromatic heterocycles. The number of aliphatic hydroxyl groups is 1. The highest BCUT2D eigenvalue weighted by Crippen LogP contribution is 2.70. The Morgan fingerprint density at radius 3 is 2.40 bits per heavy atom. The Morgan fingerprint density at radius 1 is 0.967 bits per heavy atom. The van der Waals surface area contributed by atoms with E-state index in [0.29, 0.717) is 34.5 Å². The molecular weight excluding hydrogens is 364 g/mol. The Morgan fingerprint density at radius 2 is 1.70 bits per heavy atom. The maximum atomic E-state index is 10.3. The molecule has 0 spiro atoms. The van der Waals surface area contributed by atoms with Gasteiger partial charge in [-0.1, -0.05) is 72.8 Å². The van der Waals surface area contributed by atoms with Crippen LogP contribution in [0.5, 0.6) is 0 Å². The molecule has 4 aliphatic rings. The molecule has 0 heterocycles. The minimum atomic E-state index is -0.0835. The summed E-state index contributed by atoms with van der Waals surface area (Å²) >= 11 is 0. The number of aliphatic hydroxyl groups excluding tert-OH is 1. The monoisotopic (exact) mass is 410 g/mol. The fraction of sp³-hybridized carbons (Fsp3) is 0.793. The second-order valence-corrected chi connectivity index (χ2v) is 12.5. The molecule has 1 N–H and O–H groups in total. The summed E-state index contributed by atoms with van der Waals surface area (Å²) in [5.41, 5.74) is 4.30. The Hall–Kier alpha value is -0.820. The summed E-state index contributed by atoms with van der Waals surface area (Å²) in [5, 5.41) is 10.3. The van der Waals surface area contributed by atoms with Crippen LogP contribution in [0.4, 0.5) is 0 Å². The van der Waals surface area contributed by atoms with Gasteiger partial charge in [-0.15, -0.1) is 0 Å². The summed E-state index contributed by atoms with van der Waals surface area (Å²) in [6, 6.07) is 0. The Bertz CT molecular complexity index is 756. The van der Waals surface area contributed by atoms with E-state index in [0.717, 1.165) is 31.6 Å². The van der Waals surface area contributed by atoms with Gasteiger partial charge in [0.1, 0.15) is 0 Å². The molecule has 2 saturated carbocycles. The molecule has 0 aliphatic heterocycles. The zero-order valence-corrected chi connectivity index (χ0v) is 20.7. The average Bonchev–Trinajstić information content (AvgIpc) is 2.97. The molecule has 0 saturated heterocycles. The highest BCUT2D eigenvalue weighted by atomic mass is 16.3. The van der Waals surface area contributed by atoms with E-state index >= 15 is 0 Å². The molecule has 0 bridgehead atoms. The van der Waals surface area contributed by atoms with Gasteiger partial charge in [-0.25, -0.2) is 0 Å². The molecule has 2 fully saturated rings. The van der Waals surface area contributed by atoms with Crippen LogP contribution in [-0.2, 0) is 0 Å². The van der Waals surface area contributed by atoms with Crippen LogP contribution in [0.15, 0.2) is 35.5 Å². The second-order valence-electron chi connectivity index (χ2n) is 12.5. The van der Waals surface area contributed by atoms with Gasteiger partial charge in [0.25, 0.3) is 0 Å². The van der Waals surface area contributed by atoms with Gasteiger partial charge in [0.05, 0.1) is 6.10 Å². The lowest BCUT2D eigenvalue weighted by Gasteiger charge is -2.57. The fourth-order valence-corrected chi connectivity index (χ4v) is 7.77. The van der Waals surface area contributed by atoms with Crippen molar-refractivity contribution in [2.24, 2.45) is 45.8 Å². The topological polar surface area (TPSA) is 20.2 Å². The maximum Gasteiger partial charge on any atom is 0.0543 e. The average molecular weight is 411 g/mol. The highest BCUT2D eigenvalue weighted by molar-refractivity contribution is 5.49. The van der Waals surface area contributed by atoms with Crippen LogP contribution in [0, 0.1) is 45.8 Å². The van der Waals surface area contributed by atoms with Crippen molar-refractivity contribution in [2.75, 3.05) is 0 Å². The molecule has 1 heteroatoms. The van der Waals surface area contributed by atoms with Gasteiger partial charge < -0.3 is 5.11 Å². The summed E-state index contributed by atoms with van der Waals surface area (Å²) in [6.45, 7) is 17.2. The van der Waals surface area contributed by atoms with Gasteiger partial charge in [0.2, 0.25) is 0 Å². The van der Waals surface area contributed by atoms with Gasteiger partial charge in [-0.3, -0.25) is 0 Å². The largest absolute Gasteiger partial charge is 0.393 e. The van der Waals surface area contributed by atoms with E-state index in [1.807, 2.05) is 0 Å². The van der Waals surface area contributed by atoms with E-state index in [1.54, 1.807) is 11.1 Å². The third-order valence-electron chi connectivity index (χ3n) is 10.7. The van der Waals surface area contributed by atoms with Crippen molar-refractivity contribution in [1.82, 2.24) is 0 Å². The highest BCUT2D eigenvalue weighted by Gasteiger charge is 2.61. The summed E-state index contributed by atoms with van der Waals surface area (Å²) < 4.78 is 0. The van der Waals surface area contributed by atoms with Gasteiger partial charge in [-0.05, 0) is 102 Å². The quantitative estimate of drug-likeness (QED) is 0.470. The van der Waals surface area contributed by atoms with Crippen molar-refractivity contribution in [3.05, 3.63) is 35.5 Å². The maximum absolute atomic E-state index is 10.3. The third kappa shape index (κ3) is 3.21. The van der Waals surface area contributed by atoms with Crippen molar-refractivity contribution in [1.29, 1.82) is 0 Å². The van der Waals surface area contributed by atoms with Crippen molar-refractivity contribution < 1.29 is 5.11 Å². The van der Waals surface area contributed by atoms with E-state index in [-0.39, 0.29) is 11.5 Å². The molecule has 0 radical (unpaired) electrons. The van der Waals surface area contributed by atoms with Gasteiger partial charge in [0.15, 0.2) is 0 Å². The molecule has 4 rings (SSSR count). The van der Waals surface area contributed by atoms with Crippen LogP contribution in [-0.4, -0.2) is 11.2 Å². The number of allylic oxidation sites excluding steroid dienone is 6. The smallest absolute Gasteiger partial charge is 0.0543 e. The molecule has 168 valence electrons. The van der Waals surface area contributed by atoms with E-state index in [2.05, 4.69) is 72.8 Å². The van der Waals surface area contributed by atoms with Crippen molar-refractivity contribution in [3.8, 4) is 0 Å². The summed E-state index contributed by atoms with van der Waals surface area (Å²) in [4.78, 5) is 0. The van der Waals surface area contributed by atoms with Crippen LogP contribution in [0.1, 0.15) is 93.4 Å². The number of fused-ring (bicyclic) bond motifs is 5. The van der Waals surface area contributed by atoms with Gasteiger partial charge in [0, 0.05) is 0 Å². The minimum absolute atomic E-state index is 0.0835. The lowest BCUT2D eigenvalue weighted by atomic mass is 9.47. The van der Waals surface area contributed by atoms with Crippen LogP contribution < -0.4 is 0 Å². The number of hydrogen-bond acceptors (Lipinski definition) is 1. The SMILES string of the molecule is CC(C)[C@@H](C)C=C[C@@H](C)[C@H]1CC[C@@]2(C)C3=CC[C@H]4C[C@@H](O)CC[C@]4(C)C3=CC[C@]12C. The van der Waals surface area contributed by atoms with E-state index < -0.39 is 0 Å². The first kappa shape index (κ1) is 22.4. The van der Waals surface area contributed by atoms with Crippen molar-refractivity contribution in [2.45, 2.75) is 99.5 Å². The number of hydrogen-bond donors (Lipinski definition) is 1. The first-order valence-electron chi connectivity index (χ1n) is 12.8. The standard InChI is InChI=1S/C29H46O/c1-19(2)20(3)8-9-21(4)24-13-16-29(7)26-11-10-22-18-23(30)12-15-27(22,5)25(26)14-17-28(24,29)6/h8-9,11,14,19-24,30H,10,12-13,15-18H2,1-7H3/t20-,21+,22-,23-,24+,27-,28+,29-/m0/s1. The normalized spacial score (nSPS) is 45.4. The first-order chi connectivity index (χ1) is 14.0. The molecule has 0 amide bonds. The minimum Gasteiger partial charge on any atom is -0.393 e. The van der Waals surface area contributed by atoms with Crippen molar-refractivity contribution in [3.63, 3.8) is 0 Å². The lowest BCUT2D eigenvalue weighted by molar-refractivity contribution is 0.0220. The molecule has 30 heavy (non-hydrogen) atoms. The van der Waals surface area contributed by atoms with Crippen molar-refractivity contribution >= 4 is 0 Å². The molecule has 4 aliphatic carbocycles. The van der Waals surface area contributed by atoms with E-state index in [1.165, 1.54) is 19.3 Å². The zero-order chi connectivity index (χ0) is 21.9. The molecule has 0 aromatic rings. The molecular formula is C29H46O. The van der Waals surface area contributed by atoms with Crippen LogP contribution in [0.25, 0.3) is 0 Å². The lowest BCUT2D eigenvalue weighted by Crippen LogP contribution is -2.48. The molecule has 0 aromatic carbocycles. The fourth-order valence-electron chi connectivity index (χ4n) is 7.77. The number of rotatable bonds is 4. The Kier molecular flexibility index (Phi) is 5.70. The van der Waals surface area contributed by atoms with Gasteiger partial charge >= 0.3 is 0 Å². The summed E-state index contributed by atoms with van der Waals surface area (Å²) in [6.07, 6.45) is 18.4. The van der Waals surface area contributed by atoms with E-state index in [4.69, 9.17) is 0 Å². The molecule has 1 nitrogen and oxygen atoms in total. The first-order valence-corrected chi connectivity index (χ1v) is 12.8. The summed E-state index contributed by atoms with van der Waals surface area (Å²) in [7, 11) is 0. The molecule has 0 unspecified atom stereocenters. The van der Waals surface area contributed by atoms with Crippen LogP contribution in [0.2, 0.25) is 0 Å². The zero-order valence-electron chi connectivity index (χ0n) is 20.7. The Labute approximate surface area is 186 Å².